The van der Waals surface area contributed by atoms with E-state index in [9.17, 15) is 8.42 Å². The van der Waals surface area contributed by atoms with Crippen molar-refractivity contribution in [1.29, 1.82) is 0 Å². The smallest absolute Gasteiger partial charge is 0.263 e. The van der Waals surface area contributed by atoms with Gasteiger partial charge in [0.1, 0.15) is 4.90 Å². The summed E-state index contributed by atoms with van der Waals surface area (Å²) in [7, 11) is -1.90. The van der Waals surface area contributed by atoms with E-state index in [0.29, 0.717) is 15.9 Å². The standard InChI is InChI=1S/C11H13BrN4O2S/c1-7-11(8(2)16(3)14-7)15-19(17,18)10-4-9(12)5-13-6-10/h4-6,15H,1-3H3. The lowest BCUT2D eigenvalue weighted by atomic mass is 10.3. The molecule has 0 saturated heterocycles. The fourth-order valence-electron chi connectivity index (χ4n) is 1.65. The van der Waals surface area contributed by atoms with Crippen LogP contribution in [0.4, 0.5) is 5.69 Å². The zero-order chi connectivity index (χ0) is 14.2. The van der Waals surface area contributed by atoms with Crippen molar-refractivity contribution in [2.45, 2.75) is 18.7 Å². The van der Waals surface area contributed by atoms with E-state index in [-0.39, 0.29) is 4.90 Å². The van der Waals surface area contributed by atoms with Crippen LogP contribution < -0.4 is 4.72 Å². The lowest BCUT2D eigenvalue weighted by Gasteiger charge is -2.08. The minimum absolute atomic E-state index is 0.101. The van der Waals surface area contributed by atoms with Gasteiger partial charge in [0.05, 0.1) is 17.1 Å². The SMILES string of the molecule is Cc1nn(C)c(C)c1NS(=O)(=O)c1cncc(Br)c1. The normalized spacial score (nSPS) is 11.6. The average Bonchev–Trinajstić information content (AvgIpc) is 2.56. The van der Waals surface area contributed by atoms with Crippen molar-refractivity contribution in [3.63, 3.8) is 0 Å². The van der Waals surface area contributed by atoms with Crippen molar-refractivity contribution in [2.75, 3.05) is 4.72 Å². The predicted molar refractivity (Wildman–Crippen MR) is 75.4 cm³/mol. The molecule has 0 spiro atoms. The highest BCUT2D eigenvalue weighted by atomic mass is 79.9. The Kier molecular flexibility index (Phi) is 3.64. The van der Waals surface area contributed by atoms with Crippen molar-refractivity contribution >= 4 is 31.6 Å². The molecule has 19 heavy (non-hydrogen) atoms. The summed E-state index contributed by atoms with van der Waals surface area (Å²) in [4.78, 5) is 3.96. The largest absolute Gasteiger partial charge is 0.276 e. The molecule has 0 radical (unpaired) electrons. The van der Waals surface area contributed by atoms with Crippen molar-refractivity contribution < 1.29 is 8.42 Å². The molecule has 102 valence electrons. The Balaban J connectivity index is 2.42. The monoisotopic (exact) mass is 344 g/mol. The maximum Gasteiger partial charge on any atom is 0.263 e. The molecule has 0 unspecified atom stereocenters. The number of halogens is 1. The molecule has 2 heterocycles. The highest BCUT2D eigenvalue weighted by Crippen LogP contribution is 2.23. The summed E-state index contributed by atoms with van der Waals surface area (Å²) in [5.74, 6) is 0. The first-order valence-electron chi connectivity index (χ1n) is 5.45. The van der Waals surface area contributed by atoms with Crippen LogP contribution in [0.1, 0.15) is 11.4 Å². The van der Waals surface area contributed by atoms with Crippen LogP contribution in [0, 0.1) is 13.8 Å². The number of anilines is 1. The number of aromatic nitrogens is 3. The third-order valence-corrected chi connectivity index (χ3v) is 4.49. The van der Waals surface area contributed by atoms with E-state index in [1.807, 2.05) is 0 Å². The second-order valence-corrected chi connectivity index (χ2v) is 6.71. The average molecular weight is 345 g/mol. The molecular formula is C11H13BrN4O2S. The first kappa shape index (κ1) is 14.0. The quantitative estimate of drug-likeness (QED) is 0.923. The molecular weight excluding hydrogens is 332 g/mol. The third kappa shape index (κ3) is 2.79. The molecule has 0 aliphatic carbocycles. The van der Waals surface area contributed by atoms with Crippen LogP contribution in [0.25, 0.3) is 0 Å². The van der Waals surface area contributed by atoms with Crippen LogP contribution in [0.15, 0.2) is 27.8 Å². The molecule has 0 saturated carbocycles. The summed E-state index contributed by atoms with van der Waals surface area (Å²) in [6.07, 6.45) is 2.83. The fourth-order valence-corrected chi connectivity index (χ4v) is 3.33. The van der Waals surface area contributed by atoms with Gasteiger partial charge in [-0.3, -0.25) is 14.4 Å². The van der Waals surface area contributed by atoms with E-state index < -0.39 is 10.0 Å². The summed E-state index contributed by atoms with van der Waals surface area (Å²) in [6, 6.07) is 1.50. The zero-order valence-electron chi connectivity index (χ0n) is 10.7. The molecule has 0 aliphatic heterocycles. The molecule has 0 atom stereocenters. The van der Waals surface area contributed by atoms with Gasteiger partial charge in [-0.05, 0) is 35.8 Å². The number of nitrogens with one attached hydrogen (secondary N) is 1. The molecule has 2 aromatic rings. The fraction of sp³-hybridized carbons (Fsp3) is 0.273. The van der Waals surface area contributed by atoms with Crippen molar-refractivity contribution in [2.24, 2.45) is 7.05 Å². The Hall–Kier alpha value is -1.41. The van der Waals surface area contributed by atoms with Gasteiger partial charge in [0.25, 0.3) is 10.0 Å². The molecule has 0 bridgehead atoms. The van der Waals surface area contributed by atoms with Crippen LogP contribution in [-0.4, -0.2) is 23.2 Å². The first-order chi connectivity index (χ1) is 8.81. The van der Waals surface area contributed by atoms with Crippen molar-refractivity contribution in [1.82, 2.24) is 14.8 Å². The number of nitrogens with zero attached hydrogens (tertiary/aromatic N) is 3. The minimum atomic E-state index is -3.66. The second-order valence-electron chi connectivity index (χ2n) is 4.11. The van der Waals surface area contributed by atoms with Crippen LogP contribution in [0.5, 0.6) is 0 Å². The zero-order valence-corrected chi connectivity index (χ0v) is 13.1. The van der Waals surface area contributed by atoms with E-state index in [2.05, 4.69) is 30.7 Å². The van der Waals surface area contributed by atoms with Gasteiger partial charge in [0.15, 0.2) is 0 Å². The summed E-state index contributed by atoms with van der Waals surface area (Å²) in [6.45, 7) is 3.56. The molecule has 2 rings (SSSR count). The molecule has 0 amide bonds. The van der Waals surface area contributed by atoms with Crippen LogP contribution in [0.3, 0.4) is 0 Å². The highest BCUT2D eigenvalue weighted by molar-refractivity contribution is 9.10. The molecule has 0 aromatic carbocycles. The summed E-state index contributed by atoms with van der Waals surface area (Å²) in [5.41, 5.74) is 1.89. The van der Waals surface area contributed by atoms with E-state index in [0.717, 1.165) is 5.69 Å². The Labute approximate surface area is 120 Å². The molecule has 1 N–H and O–H groups in total. The number of hydrogen-bond acceptors (Lipinski definition) is 4. The maximum atomic E-state index is 12.3. The number of hydrogen-bond donors (Lipinski definition) is 1. The van der Waals surface area contributed by atoms with Crippen LogP contribution in [-0.2, 0) is 17.1 Å². The molecule has 2 aromatic heterocycles. The summed E-state index contributed by atoms with van der Waals surface area (Å²) in [5, 5.41) is 4.17. The topological polar surface area (TPSA) is 76.9 Å². The number of aryl methyl sites for hydroxylation is 2. The van der Waals surface area contributed by atoms with Gasteiger partial charge in [0.2, 0.25) is 0 Å². The Morgan fingerprint density at radius 1 is 1.32 bits per heavy atom. The van der Waals surface area contributed by atoms with E-state index >= 15 is 0 Å². The van der Waals surface area contributed by atoms with E-state index in [1.54, 1.807) is 25.6 Å². The molecule has 0 fully saturated rings. The van der Waals surface area contributed by atoms with Gasteiger partial charge < -0.3 is 0 Å². The summed E-state index contributed by atoms with van der Waals surface area (Å²) < 4.78 is 29.3. The highest BCUT2D eigenvalue weighted by Gasteiger charge is 2.19. The number of sulfonamides is 1. The Bertz CT molecular complexity index is 724. The van der Waals surface area contributed by atoms with Gasteiger partial charge in [-0.25, -0.2) is 8.42 Å². The maximum absolute atomic E-state index is 12.3. The predicted octanol–water partition coefficient (Wildman–Crippen LogP) is 2.00. The van der Waals surface area contributed by atoms with Crippen molar-refractivity contribution in [3.8, 4) is 0 Å². The van der Waals surface area contributed by atoms with Gasteiger partial charge in [-0.15, -0.1) is 0 Å². The van der Waals surface area contributed by atoms with Gasteiger partial charge in [-0.1, -0.05) is 0 Å². The number of rotatable bonds is 3. The van der Waals surface area contributed by atoms with E-state index in [1.165, 1.54) is 18.5 Å². The molecule has 8 heteroatoms. The lowest BCUT2D eigenvalue weighted by Crippen LogP contribution is -2.14. The first-order valence-corrected chi connectivity index (χ1v) is 7.72. The Morgan fingerprint density at radius 2 is 2.00 bits per heavy atom. The van der Waals surface area contributed by atoms with Crippen LogP contribution >= 0.6 is 15.9 Å². The van der Waals surface area contributed by atoms with Gasteiger partial charge >= 0.3 is 0 Å². The lowest BCUT2D eigenvalue weighted by molar-refractivity contribution is 0.600. The van der Waals surface area contributed by atoms with Crippen molar-refractivity contribution in [3.05, 3.63) is 34.3 Å². The number of pyridine rings is 1. The van der Waals surface area contributed by atoms with Gasteiger partial charge in [-0.2, -0.15) is 5.10 Å². The minimum Gasteiger partial charge on any atom is -0.276 e. The third-order valence-electron chi connectivity index (χ3n) is 2.74. The summed E-state index contributed by atoms with van der Waals surface area (Å²) >= 11 is 3.20. The molecule has 6 nitrogen and oxygen atoms in total. The van der Waals surface area contributed by atoms with E-state index in [4.69, 9.17) is 0 Å². The van der Waals surface area contributed by atoms with Crippen LogP contribution in [0.2, 0.25) is 0 Å². The van der Waals surface area contributed by atoms with Gasteiger partial charge in [0, 0.05) is 23.9 Å². The Morgan fingerprint density at radius 3 is 2.53 bits per heavy atom. The second kappa shape index (κ2) is 4.93. The molecule has 0 aliphatic rings.